The Balaban J connectivity index is 1.44. The second-order valence-corrected chi connectivity index (χ2v) is 6.18. The molecule has 2 aliphatic rings. The van der Waals surface area contributed by atoms with E-state index in [9.17, 15) is 4.79 Å². The van der Waals surface area contributed by atoms with Crippen LogP contribution in [0.2, 0.25) is 0 Å². The molecule has 0 bridgehead atoms. The molecule has 1 heterocycles. The summed E-state index contributed by atoms with van der Waals surface area (Å²) in [4.78, 5) is 12.3. The monoisotopic (exact) mass is 321 g/mol. The molecule has 2 aromatic carbocycles. The highest BCUT2D eigenvalue weighted by atomic mass is 16.7. The van der Waals surface area contributed by atoms with Gasteiger partial charge in [0, 0.05) is 6.08 Å². The van der Waals surface area contributed by atoms with Crippen LogP contribution in [-0.2, 0) is 4.79 Å². The van der Waals surface area contributed by atoms with Gasteiger partial charge in [-0.15, -0.1) is 0 Å². The summed E-state index contributed by atoms with van der Waals surface area (Å²) in [7, 11) is 0. The van der Waals surface area contributed by atoms with Gasteiger partial charge >= 0.3 is 0 Å². The number of nitrogens with one attached hydrogen (secondary N) is 1. The molecule has 1 unspecified atom stereocenters. The van der Waals surface area contributed by atoms with Crippen LogP contribution in [0.4, 0.5) is 0 Å². The van der Waals surface area contributed by atoms with Crippen LogP contribution in [0.5, 0.6) is 11.5 Å². The summed E-state index contributed by atoms with van der Waals surface area (Å²) >= 11 is 0. The zero-order valence-electron chi connectivity index (χ0n) is 13.3. The van der Waals surface area contributed by atoms with E-state index in [0.29, 0.717) is 5.92 Å². The van der Waals surface area contributed by atoms with Gasteiger partial charge in [-0.1, -0.05) is 36.4 Å². The molecule has 1 aliphatic carbocycles. The lowest BCUT2D eigenvalue weighted by atomic mass is 10.0. The number of hydrogen-bond donors (Lipinski definition) is 1. The average Bonchev–Trinajstić information content (AvgIpc) is 3.35. The second kappa shape index (κ2) is 6.40. The Morgan fingerprint density at radius 1 is 1.08 bits per heavy atom. The minimum absolute atomic E-state index is 0.0755. The molecule has 1 amide bonds. The predicted octanol–water partition coefficient (Wildman–Crippen LogP) is 3.70. The number of hydrogen-bond acceptors (Lipinski definition) is 3. The minimum atomic E-state index is -0.0755. The fourth-order valence-electron chi connectivity index (χ4n) is 2.95. The molecule has 0 spiro atoms. The number of ether oxygens (including phenoxy) is 2. The molecule has 24 heavy (non-hydrogen) atoms. The van der Waals surface area contributed by atoms with Gasteiger partial charge in [-0.3, -0.25) is 4.79 Å². The normalized spacial score (nSPS) is 17.0. The van der Waals surface area contributed by atoms with Crippen molar-refractivity contribution in [2.45, 2.75) is 18.9 Å². The molecule has 4 rings (SSSR count). The predicted molar refractivity (Wildman–Crippen MR) is 91.6 cm³/mol. The zero-order valence-corrected chi connectivity index (χ0v) is 13.3. The van der Waals surface area contributed by atoms with E-state index in [1.165, 1.54) is 18.4 Å². The topological polar surface area (TPSA) is 47.6 Å². The highest BCUT2D eigenvalue weighted by molar-refractivity contribution is 5.92. The van der Waals surface area contributed by atoms with E-state index < -0.39 is 0 Å². The molecular formula is C20H19NO3. The summed E-state index contributed by atoms with van der Waals surface area (Å²) in [5, 5.41) is 3.14. The first kappa shape index (κ1) is 14.8. The summed E-state index contributed by atoms with van der Waals surface area (Å²) < 4.78 is 10.6. The largest absolute Gasteiger partial charge is 0.454 e. The van der Waals surface area contributed by atoms with Crippen LogP contribution < -0.4 is 14.8 Å². The number of carbonyl (C=O) groups is 1. The summed E-state index contributed by atoms with van der Waals surface area (Å²) in [5.41, 5.74) is 2.09. The number of carbonyl (C=O) groups excluding carboxylic acids is 1. The molecule has 1 aliphatic heterocycles. The first-order chi connectivity index (χ1) is 11.8. The number of benzene rings is 2. The van der Waals surface area contributed by atoms with Crippen molar-refractivity contribution >= 4 is 12.0 Å². The van der Waals surface area contributed by atoms with Crippen molar-refractivity contribution in [3.05, 3.63) is 65.7 Å². The Kier molecular flexibility index (Phi) is 3.95. The molecule has 1 atom stereocenters. The van der Waals surface area contributed by atoms with Crippen molar-refractivity contribution in [3.8, 4) is 11.5 Å². The molecule has 2 aromatic rings. The van der Waals surface area contributed by atoms with Crippen LogP contribution in [0.1, 0.15) is 30.0 Å². The van der Waals surface area contributed by atoms with Gasteiger partial charge in [-0.2, -0.15) is 0 Å². The van der Waals surface area contributed by atoms with Crippen molar-refractivity contribution in [1.29, 1.82) is 0 Å². The summed E-state index contributed by atoms with van der Waals surface area (Å²) in [5.74, 6) is 1.94. The molecule has 1 N–H and O–H groups in total. The third kappa shape index (κ3) is 3.27. The molecule has 1 fully saturated rings. The van der Waals surface area contributed by atoms with Crippen LogP contribution in [0, 0.1) is 5.92 Å². The van der Waals surface area contributed by atoms with Gasteiger partial charge in [0.05, 0.1) is 6.04 Å². The first-order valence-corrected chi connectivity index (χ1v) is 8.23. The van der Waals surface area contributed by atoms with Gasteiger partial charge in [0.15, 0.2) is 11.5 Å². The van der Waals surface area contributed by atoms with E-state index in [1.807, 2.05) is 36.4 Å². The SMILES string of the molecule is O=C(/C=C/c1ccc2c(c1)OCO2)NC(c1ccccc1)C1CC1. The van der Waals surface area contributed by atoms with Crippen molar-refractivity contribution in [1.82, 2.24) is 5.32 Å². The lowest BCUT2D eigenvalue weighted by Gasteiger charge is -2.17. The second-order valence-electron chi connectivity index (χ2n) is 6.18. The smallest absolute Gasteiger partial charge is 0.244 e. The number of rotatable bonds is 5. The van der Waals surface area contributed by atoms with E-state index in [4.69, 9.17) is 9.47 Å². The van der Waals surface area contributed by atoms with Crippen molar-refractivity contribution in [2.75, 3.05) is 6.79 Å². The van der Waals surface area contributed by atoms with E-state index in [-0.39, 0.29) is 18.7 Å². The van der Waals surface area contributed by atoms with E-state index in [2.05, 4.69) is 17.4 Å². The van der Waals surface area contributed by atoms with Gasteiger partial charge < -0.3 is 14.8 Å². The van der Waals surface area contributed by atoms with E-state index >= 15 is 0 Å². The molecule has 0 aromatic heterocycles. The molecule has 0 saturated heterocycles. The lowest BCUT2D eigenvalue weighted by Crippen LogP contribution is -2.28. The fourth-order valence-corrected chi connectivity index (χ4v) is 2.95. The maximum absolute atomic E-state index is 12.3. The third-order valence-electron chi connectivity index (χ3n) is 4.37. The Bertz CT molecular complexity index is 766. The lowest BCUT2D eigenvalue weighted by molar-refractivity contribution is -0.117. The van der Waals surface area contributed by atoms with Gasteiger partial charge in [-0.25, -0.2) is 0 Å². The van der Waals surface area contributed by atoms with Crippen LogP contribution in [0.3, 0.4) is 0 Å². The van der Waals surface area contributed by atoms with Crippen LogP contribution in [-0.4, -0.2) is 12.7 Å². The molecule has 122 valence electrons. The van der Waals surface area contributed by atoms with Crippen molar-refractivity contribution in [3.63, 3.8) is 0 Å². The molecular weight excluding hydrogens is 302 g/mol. The van der Waals surface area contributed by atoms with E-state index in [0.717, 1.165) is 17.1 Å². The maximum Gasteiger partial charge on any atom is 0.244 e. The number of fused-ring (bicyclic) bond motifs is 1. The minimum Gasteiger partial charge on any atom is -0.454 e. The zero-order chi connectivity index (χ0) is 16.4. The number of amides is 1. The van der Waals surface area contributed by atoms with Crippen LogP contribution >= 0.6 is 0 Å². The van der Waals surface area contributed by atoms with Crippen LogP contribution in [0.25, 0.3) is 6.08 Å². The Hall–Kier alpha value is -2.75. The Labute approximate surface area is 141 Å². The molecule has 4 heteroatoms. The maximum atomic E-state index is 12.3. The third-order valence-corrected chi connectivity index (χ3v) is 4.37. The highest BCUT2D eigenvalue weighted by Crippen LogP contribution is 2.41. The van der Waals surface area contributed by atoms with Gasteiger partial charge in [0.25, 0.3) is 0 Å². The van der Waals surface area contributed by atoms with Crippen molar-refractivity contribution < 1.29 is 14.3 Å². The summed E-state index contributed by atoms with van der Waals surface area (Å²) in [6, 6.07) is 15.9. The Morgan fingerprint density at radius 3 is 2.67 bits per heavy atom. The fraction of sp³-hybridized carbons (Fsp3) is 0.250. The van der Waals surface area contributed by atoms with Gasteiger partial charge in [0.1, 0.15) is 0 Å². The van der Waals surface area contributed by atoms with Gasteiger partial charge in [0.2, 0.25) is 12.7 Å². The molecule has 1 saturated carbocycles. The first-order valence-electron chi connectivity index (χ1n) is 8.23. The highest BCUT2D eigenvalue weighted by Gasteiger charge is 2.32. The standard InChI is InChI=1S/C20H19NO3/c22-19(11-7-14-6-10-17-18(12-14)24-13-23-17)21-20(16-8-9-16)15-4-2-1-3-5-15/h1-7,10-12,16,20H,8-9,13H2,(H,21,22)/b11-7+. The molecule has 0 radical (unpaired) electrons. The quantitative estimate of drug-likeness (QED) is 0.854. The molecule has 4 nitrogen and oxygen atoms in total. The van der Waals surface area contributed by atoms with Crippen molar-refractivity contribution in [2.24, 2.45) is 5.92 Å². The summed E-state index contributed by atoms with van der Waals surface area (Å²) in [6.07, 6.45) is 5.72. The van der Waals surface area contributed by atoms with Crippen LogP contribution in [0.15, 0.2) is 54.6 Å². The Morgan fingerprint density at radius 2 is 1.88 bits per heavy atom. The van der Waals surface area contributed by atoms with Gasteiger partial charge in [-0.05, 0) is 48.1 Å². The summed E-state index contributed by atoms with van der Waals surface area (Å²) in [6.45, 7) is 0.253. The average molecular weight is 321 g/mol. The van der Waals surface area contributed by atoms with E-state index in [1.54, 1.807) is 12.2 Å².